The maximum atomic E-state index is 13.3. The lowest BCUT2D eigenvalue weighted by Gasteiger charge is -2.26. The van der Waals surface area contributed by atoms with Crippen molar-refractivity contribution in [2.24, 2.45) is 0 Å². The highest BCUT2D eigenvalue weighted by molar-refractivity contribution is 9.10. The van der Waals surface area contributed by atoms with Crippen molar-refractivity contribution in [1.82, 2.24) is 19.2 Å². The van der Waals surface area contributed by atoms with E-state index in [9.17, 15) is 14.7 Å². The van der Waals surface area contributed by atoms with Crippen molar-refractivity contribution in [1.29, 1.82) is 0 Å². The minimum absolute atomic E-state index is 0.0920. The van der Waals surface area contributed by atoms with Crippen LogP contribution in [0.4, 0.5) is 0 Å². The van der Waals surface area contributed by atoms with Gasteiger partial charge in [0.1, 0.15) is 11.3 Å². The van der Waals surface area contributed by atoms with E-state index in [0.29, 0.717) is 30.0 Å². The lowest BCUT2D eigenvalue weighted by atomic mass is 9.96. The largest absolute Gasteiger partial charge is 0.505 e. The molecule has 1 N–H and O–H groups in total. The van der Waals surface area contributed by atoms with Gasteiger partial charge in [-0.15, -0.1) is 0 Å². The first-order chi connectivity index (χ1) is 15.7. The number of carbonyl (C=O) groups excluding carboxylic acids is 2. The number of benzene rings is 1. The SMILES string of the molecule is Cc1nc2c(C)cccn2c1/C(O)=C1\C(=O)C(=O)N(CCCN(C)C)C1c1cccc(Br)c1. The van der Waals surface area contributed by atoms with Crippen LogP contribution in [-0.4, -0.2) is 63.2 Å². The van der Waals surface area contributed by atoms with E-state index < -0.39 is 17.7 Å². The van der Waals surface area contributed by atoms with Gasteiger partial charge in [-0.05, 0) is 70.2 Å². The van der Waals surface area contributed by atoms with E-state index in [1.807, 2.05) is 62.3 Å². The zero-order valence-electron chi connectivity index (χ0n) is 19.2. The van der Waals surface area contributed by atoms with Crippen molar-refractivity contribution in [2.45, 2.75) is 26.3 Å². The molecule has 1 amide bonds. The molecular weight excluding hydrogens is 484 g/mol. The number of rotatable bonds is 6. The normalized spacial score (nSPS) is 18.1. The van der Waals surface area contributed by atoms with E-state index in [1.165, 1.54) is 0 Å². The summed E-state index contributed by atoms with van der Waals surface area (Å²) in [6, 6.07) is 10.6. The highest BCUT2D eigenvalue weighted by Crippen LogP contribution is 2.40. The summed E-state index contributed by atoms with van der Waals surface area (Å²) in [5, 5.41) is 11.5. The number of aryl methyl sites for hydroxylation is 2. The second-order valence-electron chi connectivity index (χ2n) is 8.63. The molecule has 7 nitrogen and oxygen atoms in total. The Morgan fingerprint density at radius 2 is 1.94 bits per heavy atom. The van der Waals surface area contributed by atoms with Crippen LogP contribution in [0.25, 0.3) is 11.4 Å². The number of aromatic nitrogens is 2. The number of aliphatic hydroxyl groups excluding tert-OH is 1. The smallest absolute Gasteiger partial charge is 0.295 e. The van der Waals surface area contributed by atoms with Crippen LogP contribution < -0.4 is 0 Å². The van der Waals surface area contributed by atoms with Gasteiger partial charge in [0, 0.05) is 17.2 Å². The fourth-order valence-corrected chi connectivity index (χ4v) is 4.84. The molecule has 0 radical (unpaired) electrons. The van der Waals surface area contributed by atoms with E-state index in [1.54, 1.807) is 22.4 Å². The summed E-state index contributed by atoms with van der Waals surface area (Å²) < 4.78 is 2.61. The number of Topliss-reactive ketones (excluding diaryl/α,β-unsaturated/α-hetero) is 1. The van der Waals surface area contributed by atoms with Crippen molar-refractivity contribution in [3.8, 4) is 0 Å². The van der Waals surface area contributed by atoms with E-state index in [0.717, 1.165) is 22.1 Å². The van der Waals surface area contributed by atoms with Crippen molar-refractivity contribution in [3.63, 3.8) is 0 Å². The lowest BCUT2D eigenvalue weighted by molar-refractivity contribution is -0.139. The number of likely N-dealkylation sites (tertiary alicyclic amines) is 1. The number of amides is 1. The molecular formula is C25H27BrN4O3. The maximum Gasteiger partial charge on any atom is 0.295 e. The molecule has 0 aliphatic carbocycles. The predicted molar refractivity (Wildman–Crippen MR) is 131 cm³/mol. The summed E-state index contributed by atoms with van der Waals surface area (Å²) in [4.78, 5) is 34.6. The van der Waals surface area contributed by atoms with E-state index in [-0.39, 0.29) is 11.3 Å². The van der Waals surface area contributed by atoms with Crippen molar-refractivity contribution < 1.29 is 14.7 Å². The van der Waals surface area contributed by atoms with Crippen LogP contribution in [0.15, 0.2) is 52.6 Å². The Labute approximate surface area is 201 Å². The van der Waals surface area contributed by atoms with Gasteiger partial charge < -0.3 is 14.9 Å². The number of pyridine rings is 1. The molecule has 1 fully saturated rings. The van der Waals surface area contributed by atoms with Crippen molar-refractivity contribution in [2.75, 3.05) is 27.2 Å². The molecule has 1 unspecified atom stereocenters. The van der Waals surface area contributed by atoms with Gasteiger partial charge in [-0.1, -0.05) is 34.1 Å². The van der Waals surface area contributed by atoms with Crippen LogP contribution >= 0.6 is 15.9 Å². The zero-order chi connectivity index (χ0) is 23.9. The quantitative estimate of drug-likeness (QED) is 0.307. The number of halogens is 1. The fraction of sp³-hybridized carbons (Fsp3) is 0.320. The molecule has 0 spiro atoms. The average molecular weight is 511 g/mol. The Bertz CT molecular complexity index is 1280. The second-order valence-corrected chi connectivity index (χ2v) is 9.55. The number of hydrogen-bond donors (Lipinski definition) is 1. The van der Waals surface area contributed by atoms with Crippen molar-refractivity contribution in [3.05, 3.63) is 75.2 Å². The second kappa shape index (κ2) is 9.11. The number of fused-ring (bicyclic) bond motifs is 1. The summed E-state index contributed by atoms with van der Waals surface area (Å²) in [5.74, 6) is -1.48. The van der Waals surface area contributed by atoms with Crippen LogP contribution in [0.5, 0.6) is 0 Å². The molecule has 1 aliphatic heterocycles. The molecule has 0 bridgehead atoms. The summed E-state index contributed by atoms with van der Waals surface area (Å²) in [5.41, 5.74) is 3.53. The van der Waals surface area contributed by atoms with Crippen LogP contribution in [0, 0.1) is 13.8 Å². The van der Waals surface area contributed by atoms with Gasteiger partial charge in [0.25, 0.3) is 11.7 Å². The predicted octanol–water partition coefficient (Wildman–Crippen LogP) is 4.09. The Kier molecular flexibility index (Phi) is 6.41. The van der Waals surface area contributed by atoms with Crippen LogP contribution in [0.1, 0.15) is 35.0 Å². The van der Waals surface area contributed by atoms with Gasteiger partial charge in [-0.2, -0.15) is 0 Å². The minimum atomic E-state index is -0.681. The number of ketones is 1. The average Bonchev–Trinajstić information content (AvgIpc) is 3.23. The third-order valence-electron chi connectivity index (χ3n) is 5.95. The molecule has 3 aromatic rings. The number of nitrogens with zero attached hydrogens (tertiary/aromatic N) is 4. The molecule has 4 rings (SSSR count). The molecule has 1 atom stereocenters. The number of aliphatic hydroxyl groups is 1. The van der Waals surface area contributed by atoms with Gasteiger partial charge in [0.15, 0.2) is 5.76 Å². The molecule has 3 heterocycles. The van der Waals surface area contributed by atoms with Crippen molar-refractivity contribution >= 4 is 39.0 Å². The van der Waals surface area contributed by atoms with Gasteiger partial charge >= 0.3 is 0 Å². The summed E-state index contributed by atoms with van der Waals surface area (Å²) in [7, 11) is 3.94. The van der Waals surface area contributed by atoms with Crippen LogP contribution in [0.2, 0.25) is 0 Å². The van der Waals surface area contributed by atoms with Crippen LogP contribution in [-0.2, 0) is 9.59 Å². The first kappa shape index (κ1) is 23.2. The Hall–Kier alpha value is -2.97. The summed E-state index contributed by atoms with van der Waals surface area (Å²) in [6.45, 7) is 4.92. The number of carbonyl (C=O) groups is 2. The van der Waals surface area contributed by atoms with Gasteiger partial charge in [-0.25, -0.2) is 4.98 Å². The Balaban J connectivity index is 1.90. The molecule has 33 heavy (non-hydrogen) atoms. The Morgan fingerprint density at radius 1 is 1.18 bits per heavy atom. The Morgan fingerprint density at radius 3 is 2.64 bits per heavy atom. The molecule has 8 heteroatoms. The van der Waals surface area contributed by atoms with E-state index in [4.69, 9.17) is 0 Å². The van der Waals surface area contributed by atoms with E-state index in [2.05, 4.69) is 20.9 Å². The molecule has 1 saturated heterocycles. The number of imidazole rings is 1. The third-order valence-corrected chi connectivity index (χ3v) is 6.45. The molecule has 0 saturated carbocycles. The molecule has 172 valence electrons. The topological polar surface area (TPSA) is 78.1 Å². The highest BCUT2D eigenvalue weighted by Gasteiger charge is 2.46. The van der Waals surface area contributed by atoms with Crippen LogP contribution in [0.3, 0.4) is 0 Å². The minimum Gasteiger partial charge on any atom is -0.505 e. The van der Waals surface area contributed by atoms with Gasteiger partial charge in [-0.3, -0.25) is 14.0 Å². The summed E-state index contributed by atoms with van der Waals surface area (Å²) in [6.07, 6.45) is 2.51. The monoisotopic (exact) mass is 510 g/mol. The fourth-order valence-electron chi connectivity index (χ4n) is 4.42. The first-order valence-corrected chi connectivity index (χ1v) is 11.6. The number of hydrogen-bond acceptors (Lipinski definition) is 5. The first-order valence-electron chi connectivity index (χ1n) is 10.8. The lowest BCUT2D eigenvalue weighted by Crippen LogP contribution is -2.32. The van der Waals surface area contributed by atoms with Gasteiger partial charge in [0.2, 0.25) is 0 Å². The summed E-state index contributed by atoms with van der Waals surface area (Å²) >= 11 is 3.49. The third kappa shape index (κ3) is 4.20. The molecule has 2 aromatic heterocycles. The van der Waals surface area contributed by atoms with Gasteiger partial charge in [0.05, 0.1) is 17.3 Å². The molecule has 1 aliphatic rings. The standard InChI is InChI=1S/C25H27BrN4O3/c1-15-8-6-12-29-20(16(2)27-24(15)29)22(31)19-21(17-9-5-10-18(26)14-17)30(25(33)23(19)32)13-7-11-28(3)4/h5-6,8-10,12,14,21,31H,7,11,13H2,1-4H3/b22-19+. The zero-order valence-corrected chi connectivity index (χ0v) is 20.8. The highest BCUT2D eigenvalue weighted by atomic mass is 79.9. The van der Waals surface area contributed by atoms with E-state index >= 15 is 0 Å². The molecule has 1 aromatic carbocycles. The maximum absolute atomic E-state index is 13.3.